The number of nitrogens with one attached hydrogen (secondary N) is 1. The molecule has 2 rings (SSSR count). The van der Waals surface area contributed by atoms with Gasteiger partial charge < -0.3 is 10.2 Å². The molecule has 0 saturated heterocycles. The van der Waals surface area contributed by atoms with Crippen LogP contribution in [0.4, 0.5) is 5.69 Å². The molecule has 1 N–H and O–H groups in total. The number of likely N-dealkylation sites (N-methyl/N-ethyl adjacent to an activating group) is 1. The molecule has 0 fully saturated rings. The predicted octanol–water partition coefficient (Wildman–Crippen LogP) is 2.07. The van der Waals surface area contributed by atoms with Crippen molar-refractivity contribution >= 4 is 22.5 Å². The van der Waals surface area contributed by atoms with Crippen molar-refractivity contribution < 1.29 is 4.79 Å². The van der Waals surface area contributed by atoms with E-state index >= 15 is 0 Å². The average molecular weight is 282 g/mol. The molecule has 0 unspecified atom stereocenters. The third kappa shape index (κ3) is 3.11. The van der Waals surface area contributed by atoms with Gasteiger partial charge in [-0.25, -0.2) is 0 Å². The summed E-state index contributed by atoms with van der Waals surface area (Å²) in [7, 11) is 1.61. The zero-order valence-electron chi connectivity index (χ0n) is 12.3. The standard InChI is InChI=1S/C16H18N4O/c1-3-8-20(11-15(21)18-2)16-12(9-17)10-19-14-7-5-4-6-13(14)16/h4-7,10H,3,8,11H2,1-2H3,(H,18,21). The molecule has 1 aromatic heterocycles. The molecule has 0 bridgehead atoms. The molecule has 0 spiro atoms. The van der Waals surface area contributed by atoms with Crippen LogP contribution < -0.4 is 10.2 Å². The van der Waals surface area contributed by atoms with Crippen LogP contribution in [0, 0.1) is 11.3 Å². The Balaban J connectivity index is 2.59. The van der Waals surface area contributed by atoms with Crippen LogP contribution in [-0.4, -0.2) is 31.0 Å². The Hall–Kier alpha value is -2.61. The van der Waals surface area contributed by atoms with E-state index in [0.29, 0.717) is 12.1 Å². The van der Waals surface area contributed by atoms with Crippen LogP contribution in [0.5, 0.6) is 0 Å². The van der Waals surface area contributed by atoms with Gasteiger partial charge in [-0.1, -0.05) is 25.1 Å². The molecule has 5 nitrogen and oxygen atoms in total. The highest BCUT2D eigenvalue weighted by atomic mass is 16.1. The SMILES string of the molecule is CCCN(CC(=O)NC)c1c(C#N)cnc2ccccc12. The number of hydrogen-bond donors (Lipinski definition) is 1. The smallest absolute Gasteiger partial charge is 0.239 e. The second-order valence-corrected chi connectivity index (χ2v) is 4.74. The first-order chi connectivity index (χ1) is 10.2. The normalized spacial score (nSPS) is 10.1. The number of carbonyl (C=O) groups is 1. The first kappa shape index (κ1) is 14.8. The molecule has 0 radical (unpaired) electrons. The number of para-hydroxylation sites is 1. The number of carbonyl (C=O) groups excluding carboxylic acids is 1. The Morgan fingerprint density at radius 1 is 1.43 bits per heavy atom. The zero-order valence-corrected chi connectivity index (χ0v) is 12.3. The highest BCUT2D eigenvalue weighted by Crippen LogP contribution is 2.29. The maximum absolute atomic E-state index is 11.8. The minimum Gasteiger partial charge on any atom is -0.361 e. The number of nitrogens with zero attached hydrogens (tertiary/aromatic N) is 3. The first-order valence-electron chi connectivity index (χ1n) is 6.94. The van der Waals surface area contributed by atoms with Crippen molar-refractivity contribution in [2.45, 2.75) is 13.3 Å². The lowest BCUT2D eigenvalue weighted by Gasteiger charge is -2.25. The lowest BCUT2D eigenvalue weighted by Crippen LogP contribution is -2.36. The van der Waals surface area contributed by atoms with Gasteiger partial charge in [0.1, 0.15) is 6.07 Å². The van der Waals surface area contributed by atoms with Gasteiger partial charge in [0.15, 0.2) is 0 Å². The molecule has 0 aliphatic heterocycles. The fourth-order valence-electron chi connectivity index (χ4n) is 2.34. The lowest BCUT2D eigenvalue weighted by molar-refractivity contribution is -0.119. The summed E-state index contributed by atoms with van der Waals surface area (Å²) in [4.78, 5) is 18.0. The highest BCUT2D eigenvalue weighted by Gasteiger charge is 2.17. The third-order valence-corrected chi connectivity index (χ3v) is 3.29. The number of aromatic nitrogens is 1. The van der Waals surface area contributed by atoms with Crippen molar-refractivity contribution in [2.75, 3.05) is 25.0 Å². The summed E-state index contributed by atoms with van der Waals surface area (Å²) in [6, 6.07) is 9.85. The molecule has 5 heteroatoms. The summed E-state index contributed by atoms with van der Waals surface area (Å²) in [6.07, 6.45) is 2.46. The summed E-state index contributed by atoms with van der Waals surface area (Å²) in [5, 5.41) is 12.9. The summed E-state index contributed by atoms with van der Waals surface area (Å²) in [6.45, 7) is 2.98. The van der Waals surface area contributed by atoms with Crippen molar-refractivity contribution in [1.29, 1.82) is 5.26 Å². The topological polar surface area (TPSA) is 69.0 Å². The van der Waals surface area contributed by atoms with Crippen LogP contribution in [0.1, 0.15) is 18.9 Å². The van der Waals surface area contributed by atoms with Crippen molar-refractivity contribution in [3.63, 3.8) is 0 Å². The second kappa shape index (κ2) is 6.71. The molecule has 108 valence electrons. The molecule has 1 aromatic carbocycles. The molecule has 2 aromatic rings. The first-order valence-corrected chi connectivity index (χ1v) is 6.94. The largest absolute Gasteiger partial charge is 0.361 e. The maximum atomic E-state index is 11.8. The molecule has 1 heterocycles. The van der Waals surface area contributed by atoms with Gasteiger partial charge in [-0.15, -0.1) is 0 Å². The van der Waals surface area contributed by atoms with E-state index in [4.69, 9.17) is 0 Å². The van der Waals surface area contributed by atoms with E-state index in [-0.39, 0.29) is 12.5 Å². The predicted molar refractivity (Wildman–Crippen MR) is 83.0 cm³/mol. The van der Waals surface area contributed by atoms with Crippen LogP contribution in [0.25, 0.3) is 10.9 Å². The molecule has 0 saturated carbocycles. The molecule has 0 aliphatic carbocycles. The van der Waals surface area contributed by atoms with Crippen molar-refractivity contribution in [3.8, 4) is 6.07 Å². The van der Waals surface area contributed by atoms with Gasteiger partial charge in [-0.3, -0.25) is 9.78 Å². The van der Waals surface area contributed by atoms with Crippen LogP contribution in [0.15, 0.2) is 30.5 Å². The van der Waals surface area contributed by atoms with Crippen molar-refractivity contribution in [2.24, 2.45) is 0 Å². The minimum absolute atomic E-state index is 0.0757. The molecular weight excluding hydrogens is 264 g/mol. The lowest BCUT2D eigenvalue weighted by atomic mass is 10.1. The van der Waals surface area contributed by atoms with Gasteiger partial charge in [-0.05, 0) is 12.5 Å². The Kier molecular flexibility index (Phi) is 4.72. The number of rotatable bonds is 5. The van der Waals surface area contributed by atoms with Gasteiger partial charge in [0, 0.05) is 25.2 Å². The summed E-state index contributed by atoms with van der Waals surface area (Å²) in [5.74, 6) is -0.0757. The molecule has 1 amide bonds. The Morgan fingerprint density at radius 2 is 2.19 bits per heavy atom. The Labute approximate surface area is 124 Å². The van der Waals surface area contributed by atoms with Gasteiger partial charge in [0.25, 0.3) is 0 Å². The van der Waals surface area contributed by atoms with E-state index in [0.717, 1.165) is 23.0 Å². The van der Waals surface area contributed by atoms with Gasteiger partial charge >= 0.3 is 0 Å². The monoisotopic (exact) mass is 282 g/mol. The zero-order chi connectivity index (χ0) is 15.2. The van der Waals surface area contributed by atoms with Crippen LogP contribution >= 0.6 is 0 Å². The second-order valence-electron chi connectivity index (χ2n) is 4.74. The summed E-state index contributed by atoms with van der Waals surface area (Å²) < 4.78 is 0. The number of anilines is 1. The van der Waals surface area contributed by atoms with Crippen molar-refractivity contribution in [3.05, 3.63) is 36.0 Å². The number of amides is 1. The number of fused-ring (bicyclic) bond motifs is 1. The minimum atomic E-state index is -0.0757. The van der Waals surface area contributed by atoms with Crippen LogP contribution in [0.3, 0.4) is 0 Å². The Morgan fingerprint density at radius 3 is 2.86 bits per heavy atom. The quantitative estimate of drug-likeness (QED) is 0.911. The van der Waals surface area contributed by atoms with Gasteiger partial charge in [0.2, 0.25) is 5.91 Å². The Bertz CT molecular complexity index is 690. The van der Waals surface area contributed by atoms with E-state index in [1.165, 1.54) is 0 Å². The van der Waals surface area contributed by atoms with Crippen LogP contribution in [0.2, 0.25) is 0 Å². The van der Waals surface area contributed by atoms with Gasteiger partial charge in [-0.2, -0.15) is 5.26 Å². The molecule has 21 heavy (non-hydrogen) atoms. The number of pyridine rings is 1. The van der Waals surface area contributed by atoms with Crippen LogP contribution in [-0.2, 0) is 4.79 Å². The van der Waals surface area contributed by atoms with E-state index in [2.05, 4.69) is 16.4 Å². The van der Waals surface area contributed by atoms with E-state index in [1.54, 1.807) is 13.2 Å². The molecular formula is C16H18N4O. The molecule has 0 atom stereocenters. The van der Waals surface area contributed by atoms with Gasteiger partial charge in [0.05, 0.1) is 23.3 Å². The number of hydrogen-bond acceptors (Lipinski definition) is 4. The summed E-state index contributed by atoms with van der Waals surface area (Å²) >= 11 is 0. The number of benzene rings is 1. The fraction of sp³-hybridized carbons (Fsp3) is 0.312. The van der Waals surface area contributed by atoms with E-state index in [1.807, 2.05) is 36.1 Å². The average Bonchev–Trinajstić information content (AvgIpc) is 2.53. The summed E-state index contributed by atoms with van der Waals surface area (Å²) in [5.41, 5.74) is 2.10. The number of nitriles is 1. The third-order valence-electron chi connectivity index (χ3n) is 3.29. The molecule has 0 aliphatic rings. The van der Waals surface area contributed by atoms with E-state index < -0.39 is 0 Å². The maximum Gasteiger partial charge on any atom is 0.239 e. The van der Waals surface area contributed by atoms with Crippen molar-refractivity contribution in [1.82, 2.24) is 10.3 Å². The highest BCUT2D eigenvalue weighted by molar-refractivity contribution is 5.96. The van der Waals surface area contributed by atoms with E-state index in [9.17, 15) is 10.1 Å². The fourth-order valence-corrected chi connectivity index (χ4v) is 2.34.